The number of nitrogens with zero attached hydrogens (tertiary/aromatic N) is 1. The summed E-state index contributed by atoms with van der Waals surface area (Å²) in [6, 6.07) is 7.87. The summed E-state index contributed by atoms with van der Waals surface area (Å²) in [5.41, 5.74) is 1.07. The van der Waals surface area contributed by atoms with Gasteiger partial charge in [-0.3, -0.25) is 4.79 Å². The lowest BCUT2D eigenvalue weighted by Crippen LogP contribution is -2.46. The normalized spacial score (nSPS) is 20.6. The van der Waals surface area contributed by atoms with Gasteiger partial charge in [0.25, 0.3) is 5.91 Å². The fourth-order valence-corrected chi connectivity index (χ4v) is 2.74. The highest BCUT2D eigenvalue weighted by molar-refractivity contribution is 5.81. The number of hydrogen-bond acceptors (Lipinski definition) is 2. The number of carbonyl (C=O) groups is 1. The number of piperidine rings is 1. The zero-order valence-electron chi connectivity index (χ0n) is 12.8. The summed E-state index contributed by atoms with van der Waals surface area (Å²) < 4.78 is 5.95. The van der Waals surface area contributed by atoms with Crippen LogP contribution < -0.4 is 4.74 Å². The molecule has 1 aromatic rings. The van der Waals surface area contributed by atoms with Crippen molar-refractivity contribution in [3.63, 3.8) is 0 Å². The summed E-state index contributed by atoms with van der Waals surface area (Å²) in [5.74, 6) is 1.56. The van der Waals surface area contributed by atoms with E-state index in [1.807, 2.05) is 43.0 Å². The van der Waals surface area contributed by atoms with Crippen molar-refractivity contribution in [3.8, 4) is 5.75 Å². The van der Waals surface area contributed by atoms with Crippen molar-refractivity contribution >= 4 is 5.91 Å². The van der Waals surface area contributed by atoms with Crippen LogP contribution in [0.4, 0.5) is 0 Å². The highest BCUT2D eigenvalue weighted by Gasteiger charge is 2.28. The molecule has 1 aliphatic heterocycles. The largest absolute Gasteiger partial charge is 0.480 e. The highest BCUT2D eigenvalue weighted by Crippen LogP contribution is 2.22. The van der Waals surface area contributed by atoms with Crippen molar-refractivity contribution in [2.24, 2.45) is 5.92 Å². The molecule has 0 radical (unpaired) electrons. The number of benzene rings is 1. The van der Waals surface area contributed by atoms with Crippen molar-refractivity contribution in [1.29, 1.82) is 0 Å². The summed E-state index contributed by atoms with van der Waals surface area (Å²) in [4.78, 5) is 14.6. The molecule has 0 N–H and O–H groups in total. The first-order valence-corrected chi connectivity index (χ1v) is 7.63. The zero-order valence-corrected chi connectivity index (χ0v) is 12.8. The lowest BCUT2D eigenvalue weighted by molar-refractivity contribution is -0.140. The van der Waals surface area contributed by atoms with Crippen LogP contribution in [0.5, 0.6) is 5.75 Å². The Morgan fingerprint density at radius 2 is 2.20 bits per heavy atom. The minimum atomic E-state index is -0.360. The van der Waals surface area contributed by atoms with Crippen LogP contribution in [0.2, 0.25) is 0 Å². The third kappa shape index (κ3) is 3.53. The molecule has 0 spiro atoms. The fraction of sp³-hybridized carbons (Fsp3) is 0.588. The maximum atomic E-state index is 12.6. The van der Waals surface area contributed by atoms with Gasteiger partial charge in [-0.05, 0) is 43.7 Å². The number of ether oxygens (including phenoxy) is 1. The van der Waals surface area contributed by atoms with Gasteiger partial charge in [-0.2, -0.15) is 0 Å². The van der Waals surface area contributed by atoms with E-state index in [1.165, 1.54) is 6.42 Å². The molecule has 0 saturated carbocycles. The Kier molecular flexibility index (Phi) is 5.05. The molecular formula is C17H25NO2. The maximum absolute atomic E-state index is 12.6. The van der Waals surface area contributed by atoms with Crippen LogP contribution in [0.15, 0.2) is 24.3 Å². The molecule has 2 unspecified atom stereocenters. The Hall–Kier alpha value is -1.51. The Morgan fingerprint density at radius 1 is 1.45 bits per heavy atom. The molecule has 1 fully saturated rings. The van der Waals surface area contributed by atoms with E-state index in [1.54, 1.807) is 0 Å². The topological polar surface area (TPSA) is 29.5 Å². The monoisotopic (exact) mass is 275 g/mol. The van der Waals surface area contributed by atoms with Crippen molar-refractivity contribution in [3.05, 3.63) is 29.8 Å². The van der Waals surface area contributed by atoms with Crippen molar-refractivity contribution in [2.45, 2.75) is 46.1 Å². The number of amides is 1. The number of para-hydroxylation sites is 1. The molecule has 0 aliphatic carbocycles. The molecule has 2 atom stereocenters. The van der Waals surface area contributed by atoms with Crippen molar-refractivity contribution in [1.82, 2.24) is 4.90 Å². The molecular weight excluding hydrogens is 250 g/mol. The number of likely N-dealkylation sites (tertiary alicyclic amines) is 1. The second-order valence-corrected chi connectivity index (χ2v) is 5.81. The number of hydrogen-bond donors (Lipinski definition) is 0. The summed E-state index contributed by atoms with van der Waals surface area (Å²) in [6.45, 7) is 7.97. The average Bonchev–Trinajstić information content (AvgIpc) is 2.46. The predicted molar refractivity (Wildman–Crippen MR) is 80.9 cm³/mol. The molecule has 3 heteroatoms. The Balaban J connectivity index is 2.04. The number of aryl methyl sites for hydroxylation is 1. The second kappa shape index (κ2) is 6.78. The maximum Gasteiger partial charge on any atom is 0.263 e. The van der Waals surface area contributed by atoms with Crippen LogP contribution in [-0.4, -0.2) is 30.0 Å². The van der Waals surface area contributed by atoms with Gasteiger partial charge in [0, 0.05) is 13.1 Å². The Morgan fingerprint density at radius 3 is 2.85 bits per heavy atom. The molecule has 110 valence electrons. The number of rotatable bonds is 4. The van der Waals surface area contributed by atoms with E-state index >= 15 is 0 Å². The van der Waals surface area contributed by atoms with Crippen LogP contribution in [0.3, 0.4) is 0 Å². The minimum Gasteiger partial charge on any atom is -0.480 e. The summed E-state index contributed by atoms with van der Waals surface area (Å²) in [7, 11) is 0. The smallest absolute Gasteiger partial charge is 0.263 e. The fourth-order valence-electron chi connectivity index (χ4n) is 2.74. The molecule has 1 amide bonds. The van der Waals surface area contributed by atoms with Crippen LogP contribution in [-0.2, 0) is 4.79 Å². The van der Waals surface area contributed by atoms with E-state index in [0.29, 0.717) is 12.3 Å². The van der Waals surface area contributed by atoms with Gasteiger partial charge in [0.05, 0.1) is 0 Å². The molecule has 0 bridgehead atoms. The van der Waals surface area contributed by atoms with Gasteiger partial charge in [-0.1, -0.05) is 32.0 Å². The molecule has 1 heterocycles. The van der Waals surface area contributed by atoms with E-state index in [-0.39, 0.29) is 12.0 Å². The summed E-state index contributed by atoms with van der Waals surface area (Å²) >= 11 is 0. The van der Waals surface area contributed by atoms with Crippen LogP contribution in [0, 0.1) is 12.8 Å². The Bertz CT molecular complexity index is 458. The Labute approximate surface area is 121 Å². The molecule has 2 rings (SSSR count). The number of carbonyl (C=O) groups excluding carboxylic acids is 1. The van der Waals surface area contributed by atoms with Gasteiger partial charge in [0.1, 0.15) is 5.75 Å². The van der Waals surface area contributed by atoms with Crippen LogP contribution in [0.25, 0.3) is 0 Å². The average molecular weight is 275 g/mol. The van der Waals surface area contributed by atoms with Gasteiger partial charge < -0.3 is 9.64 Å². The van der Waals surface area contributed by atoms with E-state index < -0.39 is 0 Å². The quantitative estimate of drug-likeness (QED) is 0.842. The first-order chi connectivity index (χ1) is 9.61. The van der Waals surface area contributed by atoms with E-state index in [0.717, 1.165) is 30.8 Å². The molecule has 0 aromatic heterocycles. The predicted octanol–water partition coefficient (Wildman–Crippen LogP) is 3.41. The lowest BCUT2D eigenvalue weighted by Gasteiger charge is -2.33. The van der Waals surface area contributed by atoms with Gasteiger partial charge in [-0.15, -0.1) is 0 Å². The van der Waals surface area contributed by atoms with Crippen molar-refractivity contribution < 1.29 is 9.53 Å². The molecule has 1 saturated heterocycles. The van der Waals surface area contributed by atoms with Crippen molar-refractivity contribution in [2.75, 3.05) is 13.1 Å². The molecule has 1 aromatic carbocycles. The van der Waals surface area contributed by atoms with Gasteiger partial charge in [0.15, 0.2) is 6.10 Å². The molecule has 3 nitrogen and oxygen atoms in total. The molecule has 1 aliphatic rings. The summed E-state index contributed by atoms with van der Waals surface area (Å²) in [6.07, 6.45) is 2.67. The van der Waals surface area contributed by atoms with Gasteiger partial charge >= 0.3 is 0 Å². The van der Waals surface area contributed by atoms with Crippen LogP contribution in [0.1, 0.15) is 38.7 Å². The SMILES string of the molecule is CCC(Oc1ccccc1C)C(=O)N1CCCC(C)C1. The summed E-state index contributed by atoms with van der Waals surface area (Å²) in [5, 5.41) is 0. The molecule has 20 heavy (non-hydrogen) atoms. The highest BCUT2D eigenvalue weighted by atomic mass is 16.5. The zero-order chi connectivity index (χ0) is 14.5. The first-order valence-electron chi connectivity index (χ1n) is 7.63. The van der Waals surface area contributed by atoms with Gasteiger partial charge in [-0.25, -0.2) is 0 Å². The van der Waals surface area contributed by atoms with E-state index in [9.17, 15) is 4.79 Å². The standard InChI is InChI=1S/C17H25NO2/c1-4-15(20-16-10-6-5-9-14(16)3)17(19)18-11-7-8-13(2)12-18/h5-6,9-10,13,15H,4,7-8,11-12H2,1-3H3. The second-order valence-electron chi connectivity index (χ2n) is 5.81. The van der Waals surface area contributed by atoms with E-state index in [4.69, 9.17) is 4.74 Å². The lowest BCUT2D eigenvalue weighted by atomic mass is 9.99. The van der Waals surface area contributed by atoms with Gasteiger partial charge in [0.2, 0.25) is 0 Å². The third-order valence-electron chi connectivity index (χ3n) is 3.98. The minimum absolute atomic E-state index is 0.141. The third-order valence-corrected chi connectivity index (χ3v) is 3.98. The van der Waals surface area contributed by atoms with Crippen LogP contribution >= 0.6 is 0 Å². The first kappa shape index (κ1) is 14.9. The van der Waals surface area contributed by atoms with E-state index in [2.05, 4.69) is 6.92 Å².